The second kappa shape index (κ2) is 4.75. The van der Waals surface area contributed by atoms with Gasteiger partial charge >= 0.3 is 5.97 Å². The average molecular weight is 235 g/mol. The third-order valence-corrected chi connectivity index (χ3v) is 3.30. The van der Waals surface area contributed by atoms with Gasteiger partial charge in [0.05, 0.1) is 17.7 Å². The second-order valence-corrected chi connectivity index (χ2v) is 4.50. The third-order valence-electron chi connectivity index (χ3n) is 3.30. The minimum Gasteiger partial charge on any atom is -0.478 e. The van der Waals surface area contributed by atoms with Gasteiger partial charge in [-0.05, 0) is 44.0 Å². The van der Waals surface area contributed by atoms with Gasteiger partial charge in [-0.25, -0.2) is 4.79 Å². The summed E-state index contributed by atoms with van der Waals surface area (Å²) in [6, 6.07) is 6.98. The highest BCUT2D eigenvalue weighted by Gasteiger charge is 2.28. The molecule has 2 unspecified atom stereocenters. The lowest BCUT2D eigenvalue weighted by molar-refractivity contribution is 0.0697. The Morgan fingerprint density at radius 2 is 2.06 bits per heavy atom. The summed E-state index contributed by atoms with van der Waals surface area (Å²) in [4.78, 5) is 12.9. The van der Waals surface area contributed by atoms with Gasteiger partial charge in [0.25, 0.3) is 0 Å². The van der Waals surface area contributed by atoms with Crippen LogP contribution in [0.1, 0.15) is 30.1 Å². The molecule has 0 aliphatic carbocycles. The smallest absolute Gasteiger partial charge is 0.335 e. The first-order valence-electron chi connectivity index (χ1n) is 5.87. The first kappa shape index (κ1) is 11.9. The molecule has 0 radical (unpaired) electrons. The van der Waals surface area contributed by atoms with Crippen molar-refractivity contribution < 1.29 is 15.0 Å². The fraction of sp³-hybridized carbons (Fsp3) is 0.462. The summed E-state index contributed by atoms with van der Waals surface area (Å²) in [6.07, 6.45) is 1.69. The minimum atomic E-state index is -0.912. The molecule has 1 fully saturated rings. The molecule has 0 bridgehead atoms. The summed E-state index contributed by atoms with van der Waals surface area (Å²) in [5, 5.41) is 18.5. The number of hydrogen-bond acceptors (Lipinski definition) is 3. The molecule has 2 atom stereocenters. The van der Waals surface area contributed by atoms with Gasteiger partial charge in [0, 0.05) is 12.2 Å². The van der Waals surface area contributed by atoms with E-state index in [0.29, 0.717) is 5.56 Å². The van der Waals surface area contributed by atoms with Crippen LogP contribution in [0.2, 0.25) is 0 Å². The average Bonchev–Trinajstić information content (AvgIpc) is 2.78. The third kappa shape index (κ3) is 2.42. The van der Waals surface area contributed by atoms with Gasteiger partial charge in [-0.1, -0.05) is 0 Å². The van der Waals surface area contributed by atoms with E-state index in [9.17, 15) is 9.90 Å². The quantitative estimate of drug-likeness (QED) is 0.837. The van der Waals surface area contributed by atoms with E-state index in [-0.39, 0.29) is 12.1 Å². The van der Waals surface area contributed by atoms with E-state index >= 15 is 0 Å². The summed E-state index contributed by atoms with van der Waals surface area (Å²) in [5.41, 5.74) is 1.28. The molecular formula is C13H17NO3. The normalized spacial score (nSPS) is 21.5. The predicted molar refractivity (Wildman–Crippen MR) is 65.5 cm³/mol. The van der Waals surface area contributed by atoms with Crippen molar-refractivity contribution in [1.29, 1.82) is 0 Å². The van der Waals surface area contributed by atoms with Crippen molar-refractivity contribution in [3.05, 3.63) is 29.8 Å². The van der Waals surface area contributed by atoms with Crippen molar-refractivity contribution in [1.82, 2.24) is 0 Å². The number of carbonyl (C=O) groups is 1. The van der Waals surface area contributed by atoms with Crippen LogP contribution in [0.3, 0.4) is 0 Å². The van der Waals surface area contributed by atoms with Gasteiger partial charge in [-0.15, -0.1) is 0 Å². The Balaban J connectivity index is 2.19. The molecule has 0 amide bonds. The van der Waals surface area contributed by atoms with Crippen LogP contribution in [-0.4, -0.2) is 34.9 Å². The maximum atomic E-state index is 10.8. The topological polar surface area (TPSA) is 60.8 Å². The number of aliphatic hydroxyl groups excluding tert-OH is 1. The molecule has 2 N–H and O–H groups in total. The Morgan fingerprint density at radius 3 is 2.59 bits per heavy atom. The van der Waals surface area contributed by atoms with Crippen LogP contribution < -0.4 is 4.90 Å². The Labute approximate surface area is 100 Å². The van der Waals surface area contributed by atoms with Crippen molar-refractivity contribution in [3.8, 4) is 0 Å². The molecule has 4 nitrogen and oxygen atoms in total. The number of anilines is 1. The molecule has 1 aliphatic rings. The summed E-state index contributed by atoms with van der Waals surface area (Å²) in [5.74, 6) is -0.912. The number of hydrogen-bond donors (Lipinski definition) is 2. The number of aromatic carboxylic acids is 1. The van der Waals surface area contributed by atoms with Crippen LogP contribution in [0.5, 0.6) is 0 Å². The number of carboxylic acid groups (broad SMARTS) is 1. The predicted octanol–water partition coefficient (Wildman–Crippen LogP) is 1.73. The van der Waals surface area contributed by atoms with E-state index in [1.54, 1.807) is 19.1 Å². The van der Waals surface area contributed by atoms with E-state index in [1.165, 1.54) is 0 Å². The Morgan fingerprint density at radius 1 is 1.41 bits per heavy atom. The lowest BCUT2D eigenvalue weighted by Crippen LogP contribution is -2.37. The highest BCUT2D eigenvalue weighted by atomic mass is 16.4. The summed E-state index contributed by atoms with van der Waals surface area (Å²) >= 11 is 0. The van der Waals surface area contributed by atoms with Crippen molar-refractivity contribution >= 4 is 11.7 Å². The molecule has 0 spiro atoms. The van der Waals surface area contributed by atoms with Crippen molar-refractivity contribution in [2.75, 3.05) is 11.4 Å². The summed E-state index contributed by atoms with van der Waals surface area (Å²) in [7, 11) is 0. The van der Waals surface area contributed by atoms with Gasteiger partial charge < -0.3 is 15.1 Å². The molecule has 0 aromatic heterocycles. The molecule has 1 aromatic carbocycles. The minimum absolute atomic E-state index is 0.144. The van der Waals surface area contributed by atoms with Crippen molar-refractivity contribution in [2.24, 2.45) is 0 Å². The zero-order valence-corrected chi connectivity index (χ0v) is 9.84. The first-order valence-corrected chi connectivity index (χ1v) is 5.87. The molecule has 1 aliphatic heterocycles. The Bertz CT molecular complexity index is 400. The van der Waals surface area contributed by atoms with E-state index in [2.05, 4.69) is 4.90 Å². The SMILES string of the molecule is CC(O)C1CCCN1c1ccc(C(=O)O)cc1. The molecular weight excluding hydrogens is 218 g/mol. The standard InChI is InChI=1S/C13H17NO3/c1-9(15)12-3-2-8-14(12)11-6-4-10(5-7-11)13(16)17/h4-7,9,12,15H,2-3,8H2,1H3,(H,16,17). The van der Waals surface area contributed by atoms with Crippen LogP contribution in [0.4, 0.5) is 5.69 Å². The molecule has 1 saturated heterocycles. The monoisotopic (exact) mass is 235 g/mol. The molecule has 1 aromatic rings. The van der Waals surface area contributed by atoms with Gasteiger partial charge in [0.2, 0.25) is 0 Å². The molecule has 92 valence electrons. The largest absolute Gasteiger partial charge is 0.478 e. The first-order chi connectivity index (χ1) is 8.09. The van der Waals surface area contributed by atoms with Crippen LogP contribution in [0, 0.1) is 0 Å². The van der Waals surface area contributed by atoms with Crippen molar-refractivity contribution in [2.45, 2.75) is 31.9 Å². The summed E-state index contributed by atoms with van der Waals surface area (Å²) < 4.78 is 0. The molecule has 17 heavy (non-hydrogen) atoms. The lowest BCUT2D eigenvalue weighted by atomic mass is 10.1. The van der Waals surface area contributed by atoms with Gasteiger partial charge in [-0.2, -0.15) is 0 Å². The van der Waals surface area contributed by atoms with Gasteiger partial charge in [0.1, 0.15) is 0 Å². The van der Waals surface area contributed by atoms with Crippen molar-refractivity contribution in [3.63, 3.8) is 0 Å². The molecule has 2 rings (SSSR count). The highest BCUT2D eigenvalue weighted by molar-refractivity contribution is 5.88. The number of benzene rings is 1. The number of aliphatic hydroxyl groups is 1. The summed E-state index contributed by atoms with van der Waals surface area (Å²) in [6.45, 7) is 2.72. The fourth-order valence-corrected chi connectivity index (χ4v) is 2.41. The van der Waals surface area contributed by atoms with Gasteiger partial charge in [-0.3, -0.25) is 0 Å². The van der Waals surface area contributed by atoms with Crippen LogP contribution in [0.15, 0.2) is 24.3 Å². The second-order valence-electron chi connectivity index (χ2n) is 4.50. The Hall–Kier alpha value is -1.55. The Kier molecular flexibility index (Phi) is 3.33. The molecule has 1 heterocycles. The maximum Gasteiger partial charge on any atom is 0.335 e. The van der Waals surface area contributed by atoms with Crippen LogP contribution in [-0.2, 0) is 0 Å². The highest BCUT2D eigenvalue weighted by Crippen LogP contribution is 2.27. The van der Waals surface area contributed by atoms with E-state index in [1.807, 2.05) is 12.1 Å². The molecule has 4 heteroatoms. The lowest BCUT2D eigenvalue weighted by Gasteiger charge is -2.28. The maximum absolute atomic E-state index is 10.8. The van der Waals surface area contributed by atoms with E-state index in [0.717, 1.165) is 25.1 Å². The zero-order chi connectivity index (χ0) is 12.4. The molecule has 0 saturated carbocycles. The zero-order valence-electron chi connectivity index (χ0n) is 9.84. The fourth-order valence-electron chi connectivity index (χ4n) is 2.41. The van der Waals surface area contributed by atoms with Crippen LogP contribution in [0.25, 0.3) is 0 Å². The van der Waals surface area contributed by atoms with Crippen LogP contribution >= 0.6 is 0 Å². The van der Waals surface area contributed by atoms with E-state index < -0.39 is 5.97 Å². The number of nitrogens with zero attached hydrogens (tertiary/aromatic N) is 1. The van der Waals surface area contributed by atoms with Gasteiger partial charge in [0.15, 0.2) is 0 Å². The number of rotatable bonds is 3. The van der Waals surface area contributed by atoms with E-state index in [4.69, 9.17) is 5.11 Å². The number of carboxylic acids is 1.